The predicted octanol–water partition coefficient (Wildman–Crippen LogP) is 3.80. The number of nitrogens with zero attached hydrogens (tertiary/aromatic N) is 1. The van der Waals surface area contributed by atoms with Gasteiger partial charge in [0.15, 0.2) is 0 Å². The molecule has 2 nitrogen and oxygen atoms in total. The normalized spacial score (nSPS) is 26.7. The van der Waals surface area contributed by atoms with Crippen LogP contribution in [0.2, 0.25) is 0 Å². The van der Waals surface area contributed by atoms with Gasteiger partial charge in [0.2, 0.25) is 0 Å². The first kappa shape index (κ1) is 13.0. The Morgan fingerprint density at radius 3 is 2.89 bits per heavy atom. The van der Waals surface area contributed by atoms with Crippen molar-refractivity contribution in [2.75, 3.05) is 25.5 Å². The summed E-state index contributed by atoms with van der Waals surface area (Å²) in [6.07, 6.45) is 4.07. The molecule has 1 saturated heterocycles. The van der Waals surface area contributed by atoms with Gasteiger partial charge >= 0.3 is 0 Å². The molecule has 1 aromatic carbocycles. The molecule has 1 aromatic rings. The average molecular weight is 258 g/mol. The van der Waals surface area contributed by atoms with Crippen molar-refractivity contribution in [3.63, 3.8) is 0 Å². The number of likely N-dealkylation sites (tertiary alicyclic amines) is 1. The highest BCUT2D eigenvalue weighted by molar-refractivity contribution is 5.59. The zero-order valence-electron chi connectivity index (χ0n) is 12.4. The lowest BCUT2D eigenvalue weighted by Crippen LogP contribution is -2.27. The molecule has 2 atom stereocenters. The second-order valence-electron chi connectivity index (χ2n) is 6.59. The molecule has 0 radical (unpaired) electrons. The van der Waals surface area contributed by atoms with Gasteiger partial charge in [0.05, 0.1) is 0 Å². The first-order valence-corrected chi connectivity index (χ1v) is 7.73. The van der Waals surface area contributed by atoms with Crippen LogP contribution in [0.25, 0.3) is 0 Å². The largest absolute Gasteiger partial charge is 0.384 e. The smallest absolute Gasteiger partial charge is 0.0376 e. The molecule has 2 heterocycles. The zero-order chi connectivity index (χ0) is 13.4. The monoisotopic (exact) mass is 258 g/mol. The van der Waals surface area contributed by atoms with E-state index < -0.39 is 0 Å². The van der Waals surface area contributed by atoms with E-state index in [2.05, 4.69) is 49.3 Å². The fourth-order valence-corrected chi connectivity index (χ4v) is 3.60. The minimum Gasteiger partial charge on any atom is -0.384 e. The maximum Gasteiger partial charge on any atom is 0.0376 e. The maximum atomic E-state index is 3.59. The van der Waals surface area contributed by atoms with Gasteiger partial charge in [-0.25, -0.2) is 0 Å². The third-order valence-corrected chi connectivity index (χ3v) is 4.95. The lowest BCUT2D eigenvalue weighted by molar-refractivity contribution is 0.285. The number of benzene rings is 1. The number of nitrogens with one attached hydrogen (secondary N) is 1. The average Bonchev–Trinajstić information content (AvgIpc) is 2.97. The van der Waals surface area contributed by atoms with Crippen LogP contribution in [0.1, 0.15) is 56.1 Å². The van der Waals surface area contributed by atoms with Gasteiger partial charge in [0, 0.05) is 24.2 Å². The Hall–Kier alpha value is -1.02. The topological polar surface area (TPSA) is 15.3 Å². The summed E-state index contributed by atoms with van der Waals surface area (Å²) in [6, 6.07) is 7.80. The van der Waals surface area contributed by atoms with Gasteiger partial charge in [-0.05, 0) is 56.0 Å². The first-order chi connectivity index (χ1) is 9.15. The first-order valence-electron chi connectivity index (χ1n) is 7.73. The number of hydrogen-bond donors (Lipinski definition) is 1. The van der Waals surface area contributed by atoms with Crippen molar-refractivity contribution in [1.82, 2.24) is 4.90 Å². The third-order valence-electron chi connectivity index (χ3n) is 4.95. The summed E-state index contributed by atoms with van der Waals surface area (Å²) in [5, 5.41) is 3.59. The van der Waals surface area contributed by atoms with Crippen molar-refractivity contribution < 1.29 is 0 Å². The SMILES string of the molecule is CC(C)c1ccc2c(c1)[C@H](C[C@H]1CCCN1C)CN2. The van der Waals surface area contributed by atoms with Gasteiger partial charge < -0.3 is 10.2 Å². The van der Waals surface area contributed by atoms with Crippen LogP contribution in [0.4, 0.5) is 5.69 Å². The molecule has 0 spiro atoms. The maximum absolute atomic E-state index is 3.59. The van der Waals surface area contributed by atoms with E-state index >= 15 is 0 Å². The molecule has 0 unspecified atom stereocenters. The molecule has 0 saturated carbocycles. The van der Waals surface area contributed by atoms with Crippen molar-refractivity contribution in [2.24, 2.45) is 0 Å². The van der Waals surface area contributed by atoms with Crippen molar-refractivity contribution in [1.29, 1.82) is 0 Å². The lowest BCUT2D eigenvalue weighted by atomic mass is 9.90. The summed E-state index contributed by atoms with van der Waals surface area (Å²) in [5.41, 5.74) is 4.41. The van der Waals surface area contributed by atoms with Crippen molar-refractivity contribution in [3.8, 4) is 0 Å². The molecule has 3 rings (SSSR count). The van der Waals surface area contributed by atoms with Gasteiger partial charge in [-0.1, -0.05) is 26.0 Å². The Morgan fingerprint density at radius 1 is 1.37 bits per heavy atom. The summed E-state index contributed by atoms with van der Waals surface area (Å²) in [6.45, 7) is 6.97. The molecule has 104 valence electrons. The Labute approximate surface area is 117 Å². The van der Waals surface area contributed by atoms with Gasteiger partial charge in [-0.2, -0.15) is 0 Å². The van der Waals surface area contributed by atoms with Crippen LogP contribution >= 0.6 is 0 Å². The minimum atomic E-state index is 0.626. The number of rotatable bonds is 3. The van der Waals surface area contributed by atoms with Crippen LogP contribution in [0, 0.1) is 0 Å². The second kappa shape index (κ2) is 5.16. The summed E-state index contributed by atoms with van der Waals surface area (Å²) in [7, 11) is 2.28. The quantitative estimate of drug-likeness (QED) is 0.887. The molecule has 0 aliphatic carbocycles. The van der Waals surface area contributed by atoms with Gasteiger partial charge in [0.1, 0.15) is 0 Å². The number of anilines is 1. The van der Waals surface area contributed by atoms with E-state index in [9.17, 15) is 0 Å². The van der Waals surface area contributed by atoms with Crippen molar-refractivity contribution in [3.05, 3.63) is 29.3 Å². The van der Waals surface area contributed by atoms with E-state index in [4.69, 9.17) is 0 Å². The summed E-state index contributed by atoms with van der Waals surface area (Å²) in [4.78, 5) is 2.55. The Bertz CT molecular complexity index is 453. The Balaban J connectivity index is 1.78. The number of hydrogen-bond acceptors (Lipinski definition) is 2. The van der Waals surface area contributed by atoms with E-state index in [1.807, 2.05) is 0 Å². The van der Waals surface area contributed by atoms with E-state index in [1.165, 1.54) is 37.1 Å². The fraction of sp³-hybridized carbons (Fsp3) is 0.647. The highest BCUT2D eigenvalue weighted by Gasteiger charge is 2.29. The van der Waals surface area contributed by atoms with Crippen LogP contribution in [0.15, 0.2) is 18.2 Å². The molecule has 2 heteroatoms. The van der Waals surface area contributed by atoms with E-state index in [0.717, 1.165) is 12.6 Å². The molecule has 1 fully saturated rings. The Kier molecular flexibility index (Phi) is 3.53. The molecule has 0 amide bonds. The van der Waals surface area contributed by atoms with E-state index in [0.29, 0.717) is 11.8 Å². The van der Waals surface area contributed by atoms with Gasteiger partial charge in [-0.15, -0.1) is 0 Å². The molecule has 19 heavy (non-hydrogen) atoms. The molecule has 0 bridgehead atoms. The van der Waals surface area contributed by atoms with Gasteiger partial charge in [-0.3, -0.25) is 0 Å². The highest BCUT2D eigenvalue weighted by Crippen LogP contribution is 2.38. The molecular formula is C17H26N2. The summed E-state index contributed by atoms with van der Waals surface area (Å²) >= 11 is 0. The number of fused-ring (bicyclic) bond motifs is 1. The Morgan fingerprint density at radius 2 is 2.21 bits per heavy atom. The molecule has 1 N–H and O–H groups in total. The highest BCUT2D eigenvalue weighted by atomic mass is 15.1. The van der Waals surface area contributed by atoms with Crippen LogP contribution in [0.5, 0.6) is 0 Å². The fourth-order valence-electron chi connectivity index (χ4n) is 3.60. The van der Waals surface area contributed by atoms with Crippen LogP contribution in [0.3, 0.4) is 0 Å². The molecule has 0 aromatic heterocycles. The van der Waals surface area contributed by atoms with Crippen LogP contribution in [-0.2, 0) is 0 Å². The summed E-state index contributed by atoms with van der Waals surface area (Å²) < 4.78 is 0. The lowest BCUT2D eigenvalue weighted by Gasteiger charge is -2.23. The van der Waals surface area contributed by atoms with Crippen LogP contribution in [-0.4, -0.2) is 31.1 Å². The third kappa shape index (κ3) is 2.51. The predicted molar refractivity (Wildman–Crippen MR) is 82.0 cm³/mol. The van der Waals surface area contributed by atoms with Gasteiger partial charge in [0.25, 0.3) is 0 Å². The standard InChI is InChI=1S/C17H26N2/c1-12(2)13-6-7-17-16(10-13)14(11-18-17)9-15-5-4-8-19(15)3/h6-7,10,12,14-15,18H,4-5,8-9,11H2,1-3H3/t14-,15-/m1/s1. The van der Waals surface area contributed by atoms with E-state index in [-0.39, 0.29) is 0 Å². The zero-order valence-corrected chi connectivity index (χ0v) is 12.4. The minimum absolute atomic E-state index is 0.626. The molecular weight excluding hydrogens is 232 g/mol. The van der Waals surface area contributed by atoms with Crippen LogP contribution < -0.4 is 5.32 Å². The van der Waals surface area contributed by atoms with Crippen molar-refractivity contribution >= 4 is 5.69 Å². The summed E-state index contributed by atoms with van der Waals surface area (Å²) in [5.74, 6) is 1.33. The van der Waals surface area contributed by atoms with E-state index in [1.54, 1.807) is 5.56 Å². The molecule has 2 aliphatic heterocycles. The molecule has 2 aliphatic rings. The second-order valence-corrected chi connectivity index (χ2v) is 6.59. The van der Waals surface area contributed by atoms with Crippen molar-refractivity contribution in [2.45, 2.75) is 51.0 Å².